The van der Waals surface area contributed by atoms with Gasteiger partial charge < -0.3 is 20.1 Å². The minimum Gasteiger partial charge on any atom is -0.460 e. The molecule has 1 aliphatic heterocycles. The number of amidine groups is 2. The van der Waals surface area contributed by atoms with Crippen molar-refractivity contribution in [2.75, 3.05) is 13.1 Å². The molecule has 4 N–H and O–H groups in total. The average molecular weight is 483 g/mol. The summed E-state index contributed by atoms with van der Waals surface area (Å²) in [6.45, 7) is 11.4. The standard InChI is InChI=1S/C22H38N6O6/c1-21(2,3)33-16(30)12-9-7-8-11-15(29)17-25-27-18(28-26-17)19(31)23-13-10-14-24-20(32)34-22(4,5)6/h7-14H2,1-6H3,(H,23,31)(H,24,32)(H,25,26)(H,27,28). The molecule has 0 aromatic carbocycles. The smallest absolute Gasteiger partial charge is 0.407 e. The Bertz CT molecular complexity index is 729. The normalized spacial score (nSPS) is 13.5. The van der Waals surface area contributed by atoms with E-state index in [1.807, 2.05) is 20.8 Å². The van der Waals surface area contributed by atoms with E-state index in [-0.39, 0.29) is 29.8 Å². The Morgan fingerprint density at radius 3 is 1.88 bits per heavy atom. The number of nitrogens with zero attached hydrogens (tertiary/aromatic N) is 2. The molecule has 0 spiro atoms. The lowest BCUT2D eigenvalue weighted by Gasteiger charge is -2.19. The number of carbonyl (C=O) groups is 4. The van der Waals surface area contributed by atoms with E-state index in [2.05, 4.69) is 31.7 Å². The van der Waals surface area contributed by atoms with E-state index in [0.29, 0.717) is 45.2 Å². The quantitative estimate of drug-likeness (QED) is 0.241. The first-order valence-electron chi connectivity index (χ1n) is 11.4. The van der Waals surface area contributed by atoms with Crippen LogP contribution in [0.2, 0.25) is 0 Å². The summed E-state index contributed by atoms with van der Waals surface area (Å²) in [5.74, 6) is -1.05. The highest BCUT2D eigenvalue weighted by atomic mass is 16.6. The summed E-state index contributed by atoms with van der Waals surface area (Å²) < 4.78 is 10.4. The lowest BCUT2D eigenvalue weighted by molar-refractivity contribution is -0.154. The fourth-order valence-electron chi connectivity index (χ4n) is 2.62. The van der Waals surface area contributed by atoms with Crippen LogP contribution in [0.25, 0.3) is 0 Å². The Hall–Kier alpha value is -3.18. The molecule has 0 radical (unpaired) electrons. The van der Waals surface area contributed by atoms with Gasteiger partial charge in [0.1, 0.15) is 11.2 Å². The molecule has 0 aromatic rings. The maximum atomic E-state index is 12.2. The van der Waals surface area contributed by atoms with Gasteiger partial charge in [-0.3, -0.25) is 25.2 Å². The Labute approximate surface area is 200 Å². The van der Waals surface area contributed by atoms with Crippen LogP contribution >= 0.6 is 0 Å². The summed E-state index contributed by atoms with van der Waals surface area (Å²) in [5, 5.41) is 12.9. The van der Waals surface area contributed by atoms with Crippen LogP contribution < -0.4 is 21.5 Å². The maximum Gasteiger partial charge on any atom is 0.407 e. The number of ketones is 1. The number of ether oxygens (including phenoxy) is 2. The van der Waals surface area contributed by atoms with E-state index < -0.39 is 23.2 Å². The number of hydrogen-bond acceptors (Lipinski definition) is 10. The van der Waals surface area contributed by atoms with Crippen LogP contribution in [0.15, 0.2) is 10.2 Å². The molecular weight excluding hydrogens is 444 g/mol. The van der Waals surface area contributed by atoms with E-state index in [1.54, 1.807) is 20.8 Å². The third kappa shape index (κ3) is 13.4. The SMILES string of the molecule is CC(C)(C)OC(=O)CCCCCC(=O)C1=NNC(C(=O)NCCCNC(=O)OC(C)(C)C)=NN1. The molecule has 0 unspecified atom stereocenters. The van der Waals surface area contributed by atoms with Crippen molar-refractivity contribution in [1.82, 2.24) is 21.5 Å². The molecule has 0 aliphatic carbocycles. The molecule has 192 valence electrons. The maximum absolute atomic E-state index is 12.2. The molecular formula is C22H38N6O6. The molecule has 0 aromatic heterocycles. The largest absolute Gasteiger partial charge is 0.460 e. The molecule has 12 nitrogen and oxygen atoms in total. The van der Waals surface area contributed by atoms with Gasteiger partial charge in [-0.2, -0.15) is 5.10 Å². The van der Waals surface area contributed by atoms with Crippen LogP contribution in [0.1, 0.15) is 80.1 Å². The monoisotopic (exact) mass is 482 g/mol. The summed E-state index contributed by atoms with van der Waals surface area (Å²) in [7, 11) is 0. The van der Waals surface area contributed by atoms with Gasteiger partial charge in [0.2, 0.25) is 17.5 Å². The zero-order chi connectivity index (χ0) is 25.8. The Morgan fingerprint density at radius 2 is 1.29 bits per heavy atom. The zero-order valence-corrected chi connectivity index (χ0v) is 21.0. The van der Waals surface area contributed by atoms with Gasteiger partial charge in [0.15, 0.2) is 0 Å². The number of Topliss-reactive ketones (excluding diaryl/α,β-unsaturated/α-hetero) is 1. The fraction of sp³-hybridized carbons (Fsp3) is 0.727. The second-order valence-electron chi connectivity index (χ2n) is 9.75. The number of unbranched alkanes of at least 4 members (excludes halogenated alkanes) is 2. The second kappa shape index (κ2) is 13.5. The molecule has 34 heavy (non-hydrogen) atoms. The number of hydrogen-bond donors (Lipinski definition) is 4. The van der Waals surface area contributed by atoms with E-state index >= 15 is 0 Å². The predicted octanol–water partition coefficient (Wildman–Crippen LogP) is 1.70. The molecule has 12 heteroatoms. The van der Waals surface area contributed by atoms with Crippen LogP contribution in [0.5, 0.6) is 0 Å². The highest BCUT2D eigenvalue weighted by Gasteiger charge is 2.20. The summed E-state index contributed by atoms with van der Waals surface area (Å²) in [6.07, 6.45) is 2.45. The van der Waals surface area contributed by atoms with Gasteiger partial charge in [-0.05, 0) is 60.8 Å². The molecule has 1 heterocycles. The third-order valence-electron chi connectivity index (χ3n) is 4.04. The molecule has 0 fully saturated rings. The summed E-state index contributed by atoms with van der Waals surface area (Å²) in [6, 6.07) is 0. The number of alkyl carbamates (subject to hydrolysis) is 1. The number of nitrogens with one attached hydrogen (secondary N) is 4. The highest BCUT2D eigenvalue weighted by molar-refractivity contribution is 6.42. The van der Waals surface area contributed by atoms with Gasteiger partial charge in [0.05, 0.1) is 0 Å². The number of rotatable bonds is 12. The van der Waals surface area contributed by atoms with Crippen molar-refractivity contribution < 1.29 is 28.7 Å². The van der Waals surface area contributed by atoms with Crippen molar-refractivity contribution in [2.24, 2.45) is 10.2 Å². The van der Waals surface area contributed by atoms with Crippen LogP contribution in [0.4, 0.5) is 4.79 Å². The molecule has 0 saturated carbocycles. The zero-order valence-electron chi connectivity index (χ0n) is 21.0. The summed E-state index contributed by atoms with van der Waals surface area (Å²) >= 11 is 0. The van der Waals surface area contributed by atoms with Crippen molar-refractivity contribution in [2.45, 2.75) is 91.3 Å². The minimum absolute atomic E-state index is 0.0188. The molecule has 2 amide bonds. The first-order chi connectivity index (χ1) is 15.8. The molecule has 0 bridgehead atoms. The van der Waals surface area contributed by atoms with Gasteiger partial charge >= 0.3 is 12.1 Å². The summed E-state index contributed by atoms with van der Waals surface area (Å²) in [4.78, 5) is 47.5. The van der Waals surface area contributed by atoms with Crippen LogP contribution in [-0.2, 0) is 23.9 Å². The lowest BCUT2D eigenvalue weighted by atomic mass is 10.1. The first-order valence-corrected chi connectivity index (χ1v) is 11.4. The number of hydrazone groups is 2. The van der Waals surface area contributed by atoms with Crippen molar-refractivity contribution in [1.29, 1.82) is 0 Å². The van der Waals surface area contributed by atoms with Crippen LogP contribution in [0.3, 0.4) is 0 Å². The highest BCUT2D eigenvalue weighted by Crippen LogP contribution is 2.11. The van der Waals surface area contributed by atoms with E-state index in [1.165, 1.54) is 0 Å². The number of esters is 1. The van der Waals surface area contributed by atoms with Gasteiger partial charge in [-0.15, -0.1) is 5.10 Å². The van der Waals surface area contributed by atoms with E-state index in [4.69, 9.17) is 9.47 Å². The van der Waals surface area contributed by atoms with Crippen molar-refractivity contribution in [3.05, 3.63) is 0 Å². The number of carbonyl (C=O) groups excluding carboxylic acids is 4. The third-order valence-corrected chi connectivity index (χ3v) is 4.04. The van der Waals surface area contributed by atoms with Crippen molar-refractivity contribution >= 4 is 35.4 Å². The summed E-state index contributed by atoms with van der Waals surface area (Å²) in [5.41, 5.74) is 3.88. The number of amides is 2. The Kier molecular flexibility index (Phi) is 11.5. The predicted molar refractivity (Wildman–Crippen MR) is 127 cm³/mol. The van der Waals surface area contributed by atoms with E-state index in [9.17, 15) is 19.2 Å². The molecule has 0 saturated heterocycles. The van der Waals surface area contributed by atoms with Crippen LogP contribution in [-0.4, -0.2) is 59.7 Å². The molecule has 1 rings (SSSR count). The first kappa shape index (κ1) is 28.9. The second-order valence-corrected chi connectivity index (χ2v) is 9.75. The topological polar surface area (TPSA) is 160 Å². The molecule has 1 aliphatic rings. The van der Waals surface area contributed by atoms with Crippen molar-refractivity contribution in [3.8, 4) is 0 Å². The van der Waals surface area contributed by atoms with Gasteiger partial charge in [0, 0.05) is 25.9 Å². The lowest BCUT2D eigenvalue weighted by Crippen LogP contribution is -2.45. The fourth-order valence-corrected chi connectivity index (χ4v) is 2.62. The van der Waals surface area contributed by atoms with Crippen molar-refractivity contribution in [3.63, 3.8) is 0 Å². The molecule has 0 atom stereocenters. The average Bonchev–Trinajstić information content (AvgIpc) is 2.70. The van der Waals surface area contributed by atoms with E-state index in [0.717, 1.165) is 0 Å². The Balaban J connectivity index is 2.19. The van der Waals surface area contributed by atoms with Gasteiger partial charge in [-0.25, -0.2) is 4.79 Å². The van der Waals surface area contributed by atoms with Gasteiger partial charge in [-0.1, -0.05) is 6.42 Å². The minimum atomic E-state index is -0.571. The van der Waals surface area contributed by atoms with Crippen LogP contribution in [0, 0.1) is 0 Å². The Morgan fingerprint density at radius 1 is 0.735 bits per heavy atom. The van der Waals surface area contributed by atoms with Gasteiger partial charge in [0.25, 0.3) is 5.91 Å².